The Balaban J connectivity index is 1.92. The molecule has 174 valence electrons. The van der Waals surface area contributed by atoms with E-state index >= 15 is 0 Å². The first kappa shape index (κ1) is 23.6. The molecule has 3 aromatic rings. The third-order valence-corrected chi connectivity index (χ3v) is 5.31. The van der Waals surface area contributed by atoms with Crippen LogP contribution in [-0.4, -0.2) is 50.1 Å². The van der Waals surface area contributed by atoms with Crippen LogP contribution in [0.25, 0.3) is 0 Å². The van der Waals surface area contributed by atoms with Crippen LogP contribution in [-0.2, 0) is 11.3 Å². The zero-order valence-electron chi connectivity index (χ0n) is 19.5. The fourth-order valence-electron chi connectivity index (χ4n) is 3.62. The molecule has 1 heterocycles. The second-order valence-corrected chi connectivity index (χ2v) is 7.19. The zero-order valence-corrected chi connectivity index (χ0v) is 19.5. The number of amides is 1. The summed E-state index contributed by atoms with van der Waals surface area (Å²) in [6.45, 7) is 3.99. The third-order valence-electron chi connectivity index (χ3n) is 5.31. The van der Waals surface area contributed by atoms with Crippen LogP contribution >= 0.6 is 0 Å². The molecule has 0 aliphatic carbocycles. The molecule has 1 aromatic heterocycles. The lowest BCUT2D eigenvalue weighted by Crippen LogP contribution is -2.15. The van der Waals surface area contributed by atoms with E-state index < -0.39 is 5.97 Å². The van der Waals surface area contributed by atoms with Crippen LogP contribution in [0.3, 0.4) is 0 Å². The summed E-state index contributed by atoms with van der Waals surface area (Å²) in [5.74, 6) is 0.255. The highest BCUT2D eigenvalue weighted by atomic mass is 16.5. The molecule has 0 spiro atoms. The molecule has 1 amide bonds. The second-order valence-electron chi connectivity index (χ2n) is 7.19. The maximum Gasteiger partial charge on any atom is 0.338 e. The fraction of sp³-hybridized carbons (Fsp3) is 0.292. The number of carbonyl (C=O) groups is 2. The largest absolute Gasteiger partial charge is 0.493 e. The third kappa shape index (κ3) is 4.62. The molecule has 0 aliphatic heterocycles. The van der Waals surface area contributed by atoms with Crippen molar-refractivity contribution in [1.29, 1.82) is 0 Å². The number of nitrogens with one attached hydrogen (secondary N) is 1. The minimum Gasteiger partial charge on any atom is -0.493 e. The number of aromatic nitrogens is 2. The molecule has 3 rings (SSSR count). The Hall–Kier alpha value is -4.01. The number of rotatable bonds is 8. The van der Waals surface area contributed by atoms with Gasteiger partial charge in [-0.1, -0.05) is 18.2 Å². The molecule has 0 fully saturated rings. The molecule has 0 bridgehead atoms. The van der Waals surface area contributed by atoms with Crippen molar-refractivity contribution in [2.45, 2.75) is 20.4 Å². The Kier molecular flexibility index (Phi) is 7.22. The summed E-state index contributed by atoms with van der Waals surface area (Å²) < 4.78 is 22.7. The van der Waals surface area contributed by atoms with E-state index in [2.05, 4.69) is 10.4 Å². The lowest BCUT2D eigenvalue weighted by atomic mass is 10.1. The Morgan fingerprint density at radius 1 is 0.909 bits per heavy atom. The van der Waals surface area contributed by atoms with Crippen molar-refractivity contribution in [3.05, 3.63) is 64.5 Å². The second kappa shape index (κ2) is 10.1. The average Bonchev–Trinajstić information content (AvgIpc) is 3.09. The van der Waals surface area contributed by atoms with Crippen LogP contribution < -0.4 is 19.5 Å². The van der Waals surface area contributed by atoms with E-state index in [1.54, 1.807) is 35.9 Å². The topological polar surface area (TPSA) is 101 Å². The number of ether oxygens (including phenoxy) is 4. The van der Waals surface area contributed by atoms with Gasteiger partial charge in [-0.2, -0.15) is 5.10 Å². The van der Waals surface area contributed by atoms with Crippen molar-refractivity contribution in [2.75, 3.05) is 33.8 Å². The van der Waals surface area contributed by atoms with Gasteiger partial charge in [-0.05, 0) is 37.6 Å². The first-order chi connectivity index (χ1) is 15.9. The van der Waals surface area contributed by atoms with E-state index in [1.807, 2.05) is 19.1 Å². The maximum atomic E-state index is 13.1. The van der Waals surface area contributed by atoms with Crippen molar-refractivity contribution >= 4 is 17.6 Å². The molecule has 0 atom stereocenters. The van der Waals surface area contributed by atoms with E-state index in [0.29, 0.717) is 35.0 Å². The van der Waals surface area contributed by atoms with Gasteiger partial charge in [0.1, 0.15) is 0 Å². The van der Waals surface area contributed by atoms with E-state index in [1.165, 1.54) is 28.4 Å². The number of nitrogens with zero attached hydrogens (tertiary/aromatic N) is 2. The minimum atomic E-state index is -0.416. The standard InChI is InChI=1S/C24H27N3O6/c1-14-20(25-23(28)18-11-12-19(30-3)22(32-5)21(18)31-4)15(2)27(26-14)13-16-9-7-8-10-17(16)24(29)33-6/h7-12H,13H2,1-6H3,(H,25,28). The summed E-state index contributed by atoms with van der Waals surface area (Å²) in [5, 5.41) is 7.48. The molecule has 2 aromatic carbocycles. The number of anilines is 1. The van der Waals surface area contributed by atoms with Gasteiger partial charge in [0.05, 0.1) is 63.2 Å². The van der Waals surface area contributed by atoms with E-state index in [-0.39, 0.29) is 17.2 Å². The van der Waals surface area contributed by atoms with Crippen LogP contribution in [0.5, 0.6) is 17.2 Å². The molecule has 0 radical (unpaired) electrons. The highest BCUT2D eigenvalue weighted by Crippen LogP contribution is 2.40. The molecule has 0 saturated carbocycles. The van der Waals surface area contributed by atoms with Gasteiger partial charge in [-0.25, -0.2) is 4.79 Å². The first-order valence-electron chi connectivity index (χ1n) is 10.2. The molecule has 1 N–H and O–H groups in total. The normalized spacial score (nSPS) is 10.5. The highest BCUT2D eigenvalue weighted by Gasteiger charge is 2.23. The summed E-state index contributed by atoms with van der Waals surface area (Å²) in [7, 11) is 5.79. The predicted molar refractivity (Wildman–Crippen MR) is 123 cm³/mol. The van der Waals surface area contributed by atoms with Crippen molar-refractivity contribution in [2.24, 2.45) is 0 Å². The molecule has 0 aliphatic rings. The van der Waals surface area contributed by atoms with Crippen molar-refractivity contribution in [3.63, 3.8) is 0 Å². The summed E-state index contributed by atoms with van der Waals surface area (Å²) in [4.78, 5) is 25.2. The van der Waals surface area contributed by atoms with Gasteiger partial charge in [0.25, 0.3) is 5.91 Å². The van der Waals surface area contributed by atoms with Crippen molar-refractivity contribution < 1.29 is 28.5 Å². The predicted octanol–water partition coefficient (Wildman–Crippen LogP) is 3.61. The van der Waals surface area contributed by atoms with E-state index in [0.717, 1.165) is 11.3 Å². The summed E-state index contributed by atoms with van der Waals surface area (Å²) in [6.07, 6.45) is 0. The number of methoxy groups -OCH3 is 4. The van der Waals surface area contributed by atoms with Crippen LogP contribution in [0.1, 0.15) is 37.7 Å². The molecule has 0 saturated heterocycles. The fourth-order valence-corrected chi connectivity index (χ4v) is 3.62. The van der Waals surface area contributed by atoms with Gasteiger partial charge < -0.3 is 24.3 Å². The summed E-state index contributed by atoms with van der Waals surface area (Å²) >= 11 is 0. The van der Waals surface area contributed by atoms with Gasteiger partial charge in [0.2, 0.25) is 5.75 Å². The lowest BCUT2D eigenvalue weighted by molar-refractivity contribution is 0.0599. The highest BCUT2D eigenvalue weighted by molar-refractivity contribution is 6.07. The molecule has 33 heavy (non-hydrogen) atoms. The Labute approximate surface area is 192 Å². The van der Waals surface area contributed by atoms with Crippen molar-refractivity contribution in [3.8, 4) is 17.2 Å². The Morgan fingerprint density at radius 3 is 2.24 bits per heavy atom. The number of hydrogen-bond acceptors (Lipinski definition) is 7. The minimum absolute atomic E-state index is 0.268. The van der Waals surface area contributed by atoms with Gasteiger partial charge in [0.15, 0.2) is 11.5 Å². The molecule has 0 unspecified atom stereocenters. The number of carbonyl (C=O) groups excluding carboxylic acids is 2. The molecule has 9 heteroatoms. The monoisotopic (exact) mass is 453 g/mol. The van der Waals surface area contributed by atoms with E-state index in [4.69, 9.17) is 18.9 Å². The molecular weight excluding hydrogens is 426 g/mol. The molecule has 9 nitrogen and oxygen atoms in total. The summed E-state index contributed by atoms with van der Waals surface area (Å²) in [6, 6.07) is 10.4. The van der Waals surface area contributed by atoms with Gasteiger partial charge in [-0.3, -0.25) is 9.48 Å². The maximum absolute atomic E-state index is 13.1. The van der Waals surface area contributed by atoms with Crippen LogP contribution in [0, 0.1) is 13.8 Å². The molecular formula is C24H27N3O6. The van der Waals surface area contributed by atoms with E-state index in [9.17, 15) is 9.59 Å². The quantitative estimate of drug-likeness (QED) is 0.520. The number of aryl methyl sites for hydroxylation is 1. The van der Waals surface area contributed by atoms with Crippen LogP contribution in [0.15, 0.2) is 36.4 Å². The number of hydrogen-bond donors (Lipinski definition) is 1. The summed E-state index contributed by atoms with van der Waals surface area (Å²) in [5.41, 5.74) is 3.46. The SMILES string of the molecule is COC(=O)c1ccccc1Cn1nc(C)c(NC(=O)c2ccc(OC)c(OC)c2OC)c1C. The Bertz CT molecular complexity index is 1190. The smallest absolute Gasteiger partial charge is 0.338 e. The van der Waals surface area contributed by atoms with Gasteiger partial charge in [-0.15, -0.1) is 0 Å². The van der Waals surface area contributed by atoms with Crippen molar-refractivity contribution in [1.82, 2.24) is 9.78 Å². The Morgan fingerprint density at radius 2 is 1.61 bits per heavy atom. The van der Waals surface area contributed by atoms with Gasteiger partial charge in [0, 0.05) is 0 Å². The average molecular weight is 453 g/mol. The zero-order chi connectivity index (χ0) is 24.1. The van der Waals surface area contributed by atoms with Crippen LogP contribution in [0.2, 0.25) is 0 Å². The van der Waals surface area contributed by atoms with Crippen LogP contribution in [0.4, 0.5) is 5.69 Å². The number of benzene rings is 2. The number of esters is 1. The first-order valence-corrected chi connectivity index (χ1v) is 10.2. The lowest BCUT2D eigenvalue weighted by Gasteiger charge is -2.15. The van der Waals surface area contributed by atoms with Gasteiger partial charge >= 0.3 is 5.97 Å².